The lowest BCUT2D eigenvalue weighted by Crippen LogP contribution is -2.17. The molecule has 1 aromatic heterocycles. The Kier molecular flexibility index (Phi) is 5.39. The molecule has 0 aliphatic rings. The quantitative estimate of drug-likeness (QED) is 0.873. The van der Waals surface area contributed by atoms with Crippen LogP contribution in [-0.2, 0) is 6.61 Å². The second kappa shape index (κ2) is 7.27. The first kappa shape index (κ1) is 14.8. The van der Waals surface area contributed by atoms with Crippen LogP contribution in [0.2, 0.25) is 5.02 Å². The summed E-state index contributed by atoms with van der Waals surface area (Å²) in [6.45, 7) is 5.61. The molecule has 0 radical (unpaired) electrons. The van der Waals surface area contributed by atoms with E-state index in [1.165, 1.54) is 5.56 Å². The number of ether oxygens (including phenoxy) is 1. The topological polar surface area (TPSA) is 34.2 Å². The van der Waals surface area contributed by atoms with Crippen LogP contribution in [0.5, 0.6) is 5.88 Å². The zero-order chi connectivity index (χ0) is 14.4. The van der Waals surface area contributed by atoms with E-state index in [0.717, 1.165) is 12.1 Å². The number of halogens is 1. The molecule has 0 amide bonds. The SMILES string of the molecule is CCNC(C)c1ccnc(OCc2cccc(Cl)c2)c1. The third kappa shape index (κ3) is 4.22. The molecule has 1 atom stereocenters. The van der Waals surface area contributed by atoms with Gasteiger partial charge >= 0.3 is 0 Å². The Labute approximate surface area is 124 Å². The van der Waals surface area contributed by atoms with E-state index in [1.807, 2.05) is 36.4 Å². The summed E-state index contributed by atoms with van der Waals surface area (Å²) in [5, 5.41) is 4.09. The lowest BCUT2D eigenvalue weighted by Gasteiger charge is -2.13. The smallest absolute Gasteiger partial charge is 0.213 e. The second-order valence-corrected chi connectivity index (χ2v) is 5.06. The molecule has 1 N–H and O–H groups in total. The van der Waals surface area contributed by atoms with Gasteiger partial charge in [0.25, 0.3) is 0 Å². The Bertz CT molecular complexity index is 560. The molecule has 0 fully saturated rings. The van der Waals surface area contributed by atoms with Crippen molar-refractivity contribution in [3.8, 4) is 5.88 Å². The van der Waals surface area contributed by atoms with Crippen LogP contribution in [-0.4, -0.2) is 11.5 Å². The maximum atomic E-state index is 5.95. The summed E-state index contributed by atoms with van der Waals surface area (Å²) in [5.74, 6) is 0.632. The Morgan fingerprint density at radius 3 is 2.90 bits per heavy atom. The molecular weight excluding hydrogens is 272 g/mol. The Morgan fingerprint density at radius 2 is 2.15 bits per heavy atom. The van der Waals surface area contributed by atoms with Gasteiger partial charge in [0.15, 0.2) is 0 Å². The van der Waals surface area contributed by atoms with Crippen LogP contribution in [0.25, 0.3) is 0 Å². The van der Waals surface area contributed by atoms with E-state index in [-0.39, 0.29) is 6.04 Å². The van der Waals surface area contributed by atoms with E-state index >= 15 is 0 Å². The van der Waals surface area contributed by atoms with Crippen LogP contribution < -0.4 is 10.1 Å². The van der Waals surface area contributed by atoms with Crippen LogP contribution in [0.4, 0.5) is 0 Å². The van der Waals surface area contributed by atoms with E-state index in [1.54, 1.807) is 6.20 Å². The fourth-order valence-corrected chi connectivity index (χ4v) is 2.19. The van der Waals surface area contributed by atoms with Crippen LogP contribution >= 0.6 is 11.6 Å². The van der Waals surface area contributed by atoms with Crippen molar-refractivity contribution in [2.24, 2.45) is 0 Å². The highest BCUT2D eigenvalue weighted by molar-refractivity contribution is 6.30. The van der Waals surface area contributed by atoms with Gasteiger partial charge in [0.1, 0.15) is 6.61 Å². The molecular formula is C16H19ClN2O. The zero-order valence-corrected chi connectivity index (χ0v) is 12.5. The minimum Gasteiger partial charge on any atom is -0.473 e. The number of hydrogen-bond donors (Lipinski definition) is 1. The molecule has 2 aromatic rings. The molecule has 0 bridgehead atoms. The molecule has 20 heavy (non-hydrogen) atoms. The number of hydrogen-bond acceptors (Lipinski definition) is 3. The number of aromatic nitrogens is 1. The molecule has 0 saturated carbocycles. The van der Waals surface area contributed by atoms with Gasteiger partial charge in [-0.2, -0.15) is 0 Å². The highest BCUT2D eigenvalue weighted by Crippen LogP contribution is 2.18. The fourth-order valence-electron chi connectivity index (χ4n) is 1.98. The highest BCUT2D eigenvalue weighted by atomic mass is 35.5. The average Bonchev–Trinajstić information content (AvgIpc) is 2.46. The van der Waals surface area contributed by atoms with Crippen LogP contribution in [0.15, 0.2) is 42.6 Å². The van der Waals surface area contributed by atoms with Gasteiger partial charge in [-0.1, -0.05) is 30.7 Å². The lowest BCUT2D eigenvalue weighted by atomic mass is 10.1. The molecule has 0 aliphatic heterocycles. The van der Waals surface area contributed by atoms with E-state index < -0.39 is 0 Å². The fraction of sp³-hybridized carbons (Fsp3) is 0.312. The molecule has 0 spiro atoms. The predicted octanol–water partition coefficient (Wildman–Crippen LogP) is 3.98. The van der Waals surface area contributed by atoms with Crippen LogP contribution in [0, 0.1) is 0 Å². The molecule has 3 nitrogen and oxygen atoms in total. The molecule has 1 unspecified atom stereocenters. The summed E-state index contributed by atoms with van der Waals surface area (Å²) >= 11 is 5.95. The first-order valence-electron chi connectivity index (χ1n) is 6.75. The largest absolute Gasteiger partial charge is 0.473 e. The number of benzene rings is 1. The molecule has 0 saturated heterocycles. The second-order valence-electron chi connectivity index (χ2n) is 4.63. The summed E-state index contributed by atoms with van der Waals surface area (Å²) in [7, 11) is 0. The summed E-state index contributed by atoms with van der Waals surface area (Å²) in [6.07, 6.45) is 1.77. The van der Waals surface area contributed by atoms with Crippen molar-refractivity contribution in [1.29, 1.82) is 0 Å². The summed E-state index contributed by atoms with van der Waals surface area (Å²) in [5.41, 5.74) is 2.20. The molecule has 4 heteroatoms. The van der Waals surface area contributed by atoms with Gasteiger partial charge in [0.2, 0.25) is 5.88 Å². The molecule has 0 aliphatic carbocycles. The molecule has 2 rings (SSSR count). The molecule has 106 valence electrons. The van der Waals surface area contributed by atoms with E-state index in [2.05, 4.69) is 24.1 Å². The molecule has 1 aromatic carbocycles. The number of nitrogens with one attached hydrogen (secondary N) is 1. The van der Waals surface area contributed by atoms with Gasteiger partial charge in [-0.3, -0.25) is 0 Å². The van der Waals surface area contributed by atoms with Gasteiger partial charge in [-0.25, -0.2) is 4.98 Å². The highest BCUT2D eigenvalue weighted by Gasteiger charge is 2.06. The van der Waals surface area contributed by atoms with Crippen molar-refractivity contribution in [3.63, 3.8) is 0 Å². The van der Waals surface area contributed by atoms with Gasteiger partial charge in [0.05, 0.1) is 0 Å². The number of rotatable bonds is 6. The summed E-state index contributed by atoms with van der Waals surface area (Å²) < 4.78 is 5.72. The third-order valence-electron chi connectivity index (χ3n) is 3.04. The zero-order valence-electron chi connectivity index (χ0n) is 11.8. The van der Waals surface area contributed by atoms with Crippen molar-refractivity contribution in [1.82, 2.24) is 10.3 Å². The molecule has 1 heterocycles. The van der Waals surface area contributed by atoms with Crippen LogP contribution in [0.1, 0.15) is 31.0 Å². The Balaban J connectivity index is 2.01. The van der Waals surface area contributed by atoms with E-state index in [4.69, 9.17) is 16.3 Å². The predicted molar refractivity (Wildman–Crippen MR) is 82.1 cm³/mol. The minimum absolute atomic E-state index is 0.288. The number of nitrogens with zero attached hydrogens (tertiary/aromatic N) is 1. The van der Waals surface area contributed by atoms with E-state index in [0.29, 0.717) is 17.5 Å². The van der Waals surface area contributed by atoms with Crippen molar-refractivity contribution in [2.45, 2.75) is 26.5 Å². The van der Waals surface area contributed by atoms with Gasteiger partial charge in [0, 0.05) is 23.3 Å². The first-order valence-corrected chi connectivity index (χ1v) is 7.13. The third-order valence-corrected chi connectivity index (χ3v) is 3.28. The minimum atomic E-state index is 0.288. The van der Waals surface area contributed by atoms with E-state index in [9.17, 15) is 0 Å². The first-order chi connectivity index (χ1) is 9.69. The van der Waals surface area contributed by atoms with Crippen LogP contribution in [0.3, 0.4) is 0 Å². The Hall–Kier alpha value is -1.58. The maximum Gasteiger partial charge on any atom is 0.213 e. The summed E-state index contributed by atoms with van der Waals surface area (Å²) in [4.78, 5) is 4.24. The van der Waals surface area contributed by atoms with Gasteiger partial charge in [-0.15, -0.1) is 0 Å². The normalized spacial score (nSPS) is 12.2. The van der Waals surface area contributed by atoms with Crippen molar-refractivity contribution in [3.05, 3.63) is 58.7 Å². The van der Waals surface area contributed by atoms with Crippen molar-refractivity contribution >= 4 is 11.6 Å². The van der Waals surface area contributed by atoms with Crippen molar-refractivity contribution in [2.75, 3.05) is 6.54 Å². The van der Waals surface area contributed by atoms with Gasteiger partial charge < -0.3 is 10.1 Å². The van der Waals surface area contributed by atoms with Gasteiger partial charge in [-0.05, 0) is 42.8 Å². The van der Waals surface area contributed by atoms with Crippen molar-refractivity contribution < 1.29 is 4.74 Å². The average molecular weight is 291 g/mol. The monoisotopic (exact) mass is 290 g/mol. The standard InChI is InChI=1S/C16H19ClN2O/c1-3-18-12(2)14-7-8-19-16(10-14)20-11-13-5-4-6-15(17)9-13/h4-10,12,18H,3,11H2,1-2H3. The Morgan fingerprint density at radius 1 is 1.30 bits per heavy atom. The lowest BCUT2D eigenvalue weighted by molar-refractivity contribution is 0.293. The number of pyridine rings is 1. The summed E-state index contributed by atoms with van der Waals surface area (Å²) in [6, 6.07) is 11.9. The maximum absolute atomic E-state index is 5.95.